The van der Waals surface area contributed by atoms with Gasteiger partial charge in [0.15, 0.2) is 9.84 Å². The molecule has 0 saturated carbocycles. The van der Waals surface area contributed by atoms with E-state index in [2.05, 4.69) is 35.4 Å². The van der Waals surface area contributed by atoms with Crippen molar-refractivity contribution in [3.8, 4) is 28.7 Å². The predicted octanol–water partition coefficient (Wildman–Crippen LogP) is 5.84. The third-order valence-electron chi connectivity index (χ3n) is 5.97. The van der Waals surface area contributed by atoms with Gasteiger partial charge in [-0.25, -0.2) is 8.42 Å². The van der Waals surface area contributed by atoms with Crippen molar-refractivity contribution in [1.82, 2.24) is 0 Å². The van der Waals surface area contributed by atoms with Crippen LogP contribution in [0.2, 0.25) is 0 Å². The maximum atomic E-state index is 11.9. The molecule has 1 aromatic heterocycles. The fourth-order valence-electron chi connectivity index (χ4n) is 4.13. The lowest BCUT2D eigenvalue weighted by Gasteiger charge is -2.11. The van der Waals surface area contributed by atoms with Crippen molar-refractivity contribution in [2.45, 2.75) is 37.7 Å². The van der Waals surface area contributed by atoms with Gasteiger partial charge in [-0.3, -0.25) is 4.79 Å². The highest BCUT2D eigenvalue weighted by molar-refractivity contribution is 7.90. The van der Waals surface area contributed by atoms with E-state index in [1.54, 1.807) is 30.4 Å². The Morgan fingerprint density at radius 2 is 1.81 bits per heavy atom. The summed E-state index contributed by atoms with van der Waals surface area (Å²) in [5.74, 6) is 6.01. The van der Waals surface area contributed by atoms with Crippen LogP contribution < -0.4 is 10.5 Å². The van der Waals surface area contributed by atoms with Crippen LogP contribution in [0.15, 0.2) is 70.9 Å². The highest BCUT2D eigenvalue weighted by Gasteiger charge is 2.14. The zero-order chi connectivity index (χ0) is 25.9. The normalized spacial score (nSPS) is 12.1. The van der Waals surface area contributed by atoms with Crippen molar-refractivity contribution in [2.24, 2.45) is 5.73 Å². The average Bonchev–Trinajstić information content (AvgIpc) is 3.25. The molecule has 36 heavy (non-hydrogen) atoms. The molecule has 2 N–H and O–H groups in total. The van der Waals surface area contributed by atoms with Crippen LogP contribution in [-0.4, -0.2) is 20.6 Å². The molecular formula is C29H27NO4S2. The number of ether oxygens (including phenoxy) is 1. The molecule has 0 aliphatic heterocycles. The Morgan fingerprint density at radius 1 is 1.06 bits per heavy atom. The van der Waals surface area contributed by atoms with Gasteiger partial charge < -0.3 is 10.5 Å². The minimum Gasteiger partial charge on any atom is -0.489 e. The molecule has 1 amide bonds. The van der Waals surface area contributed by atoms with Gasteiger partial charge in [0.2, 0.25) is 5.91 Å². The molecule has 0 bridgehead atoms. The SMILES string of the molecule is CC#C[C@@H](CC(N)=O)c1ccc(OCc2ccc3scc(-c4ccc(S(C)(=O)=O)cc4C)c3c2)cc1. The fraction of sp³-hybridized carbons (Fsp3) is 0.207. The van der Waals surface area contributed by atoms with Crippen LogP contribution in [0.1, 0.15) is 36.0 Å². The molecule has 1 heterocycles. The highest BCUT2D eigenvalue weighted by atomic mass is 32.2. The minimum atomic E-state index is -3.25. The number of amides is 1. The zero-order valence-electron chi connectivity index (χ0n) is 20.4. The third-order valence-corrected chi connectivity index (χ3v) is 8.04. The molecule has 5 nitrogen and oxygen atoms in total. The lowest BCUT2D eigenvalue weighted by atomic mass is 9.96. The maximum absolute atomic E-state index is 11.9. The molecule has 7 heteroatoms. The Hall–Kier alpha value is -3.60. The van der Waals surface area contributed by atoms with E-state index in [1.807, 2.05) is 37.3 Å². The number of nitrogens with two attached hydrogens (primary N) is 1. The van der Waals surface area contributed by atoms with E-state index in [0.717, 1.165) is 43.7 Å². The molecule has 4 aromatic rings. The second-order valence-corrected chi connectivity index (χ2v) is 11.6. The van der Waals surface area contributed by atoms with E-state index in [1.165, 1.54) is 6.26 Å². The summed E-state index contributed by atoms with van der Waals surface area (Å²) in [6.07, 6.45) is 1.40. The Morgan fingerprint density at radius 3 is 2.44 bits per heavy atom. The minimum absolute atomic E-state index is 0.181. The Labute approximate surface area is 215 Å². The lowest BCUT2D eigenvalue weighted by Crippen LogP contribution is -2.14. The van der Waals surface area contributed by atoms with E-state index in [4.69, 9.17) is 10.5 Å². The van der Waals surface area contributed by atoms with Crippen LogP contribution in [0.4, 0.5) is 0 Å². The average molecular weight is 518 g/mol. The Balaban J connectivity index is 1.54. The lowest BCUT2D eigenvalue weighted by molar-refractivity contribution is -0.118. The summed E-state index contributed by atoms with van der Waals surface area (Å²) in [5, 5.41) is 3.22. The van der Waals surface area contributed by atoms with Gasteiger partial charge in [0.05, 0.1) is 10.8 Å². The van der Waals surface area contributed by atoms with Crippen LogP contribution in [-0.2, 0) is 21.2 Å². The van der Waals surface area contributed by atoms with Crippen molar-refractivity contribution in [1.29, 1.82) is 0 Å². The largest absolute Gasteiger partial charge is 0.489 e. The van der Waals surface area contributed by atoms with Gasteiger partial charge in [0.1, 0.15) is 12.4 Å². The highest BCUT2D eigenvalue weighted by Crippen LogP contribution is 2.37. The number of sulfone groups is 1. The summed E-state index contributed by atoms with van der Waals surface area (Å²) in [5.41, 5.74) is 10.3. The molecule has 4 rings (SSSR count). The molecule has 0 saturated heterocycles. The maximum Gasteiger partial charge on any atom is 0.219 e. The monoisotopic (exact) mass is 517 g/mol. The zero-order valence-corrected chi connectivity index (χ0v) is 22.0. The van der Waals surface area contributed by atoms with Crippen molar-refractivity contribution < 1.29 is 17.9 Å². The molecular weight excluding hydrogens is 490 g/mol. The van der Waals surface area contributed by atoms with Gasteiger partial charge in [-0.15, -0.1) is 17.3 Å². The first-order valence-electron chi connectivity index (χ1n) is 11.4. The number of fused-ring (bicyclic) bond motifs is 1. The molecule has 0 aliphatic carbocycles. The smallest absolute Gasteiger partial charge is 0.219 e. The molecule has 184 valence electrons. The van der Waals surface area contributed by atoms with E-state index in [9.17, 15) is 13.2 Å². The number of aryl methyl sites for hydroxylation is 1. The van der Waals surface area contributed by atoms with Crippen molar-refractivity contribution in [3.63, 3.8) is 0 Å². The Kier molecular flexibility index (Phi) is 7.48. The van der Waals surface area contributed by atoms with Crippen LogP contribution in [0.25, 0.3) is 21.2 Å². The number of thiophene rings is 1. The topological polar surface area (TPSA) is 86.5 Å². The summed E-state index contributed by atoms with van der Waals surface area (Å²) < 4.78 is 31.0. The standard InChI is InChI=1S/C29H27NO4S2/c1-4-5-22(16-29(30)31)21-7-9-23(10-8-21)34-17-20-6-13-28-26(15-20)27(18-35-28)25-12-11-24(14-19(25)2)36(3,32)33/h6-15,18,22H,16-17H2,1-3H3,(H2,30,31)/t22-/m0/s1. The third kappa shape index (κ3) is 5.78. The summed E-state index contributed by atoms with van der Waals surface area (Å²) in [7, 11) is -3.25. The van der Waals surface area contributed by atoms with Crippen LogP contribution >= 0.6 is 11.3 Å². The van der Waals surface area contributed by atoms with Crippen LogP contribution in [0, 0.1) is 18.8 Å². The summed E-state index contributed by atoms with van der Waals surface area (Å²) >= 11 is 1.66. The number of benzene rings is 3. The second-order valence-electron chi connectivity index (χ2n) is 8.70. The van der Waals surface area contributed by atoms with Gasteiger partial charge >= 0.3 is 0 Å². The molecule has 1 atom stereocenters. The van der Waals surface area contributed by atoms with E-state index in [0.29, 0.717) is 11.5 Å². The Bertz CT molecular complexity index is 1590. The van der Waals surface area contributed by atoms with Gasteiger partial charge in [0, 0.05) is 28.3 Å². The predicted molar refractivity (Wildman–Crippen MR) is 146 cm³/mol. The number of primary amides is 1. The molecule has 0 fully saturated rings. The van der Waals surface area contributed by atoms with Gasteiger partial charge in [0.25, 0.3) is 0 Å². The summed E-state index contributed by atoms with van der Waals surface area (Å²) in [6, 6.07) is 19.1. The number of carbonyl (C=O) groups excluding carboxylic acids is 1. The van der Waals surface area contributed by atoms with E-state index in [-0.39, 0.29) is 18.2 Å². The summed E-state index contributed by atoms with van der Waals surface area (Å²) in [4.78, 5) is 11.7. The first-order chi connectivity index (χ1) is 17.2. The van der Waals surface area contributed by atoms with Gasteiger partial charge in [-0.2, -0.15) is 0 Å². The molecule has 0 radical (unpaired) electrons. The van der Waals surface area contributed by atoms with Crippen LogP contribution in [0.5, 0.6) is 5.75 Å². The second kappa shape index (κ2) is 10.6. The van der Waals surface area contributed by atoms with Gasteiger partial charge in [-0.05, 0) is 77.9 Å². The number of hydrogen-bond donors (Lipinski definition) is 1. The van der Waals surface area contributed by atoms with Crippen molar-refractivity contribution >= 4 is 37.2 Å². The van der Waals surface area contributed by atoms with Crippen molar-refractivity contribution in [3.05, 3.63) is 82.7 Å². The molecule has 0 spiro atoms. The fourth-order valence-corrected chi connectivity index (χ4v) is 5.78. The summed E-state index contributed by atoms with van der Waals surface area (Å²) in [6.45, 7) is 4.08. The van der Waals surface area contributed by atoms with E-state index >= 15 is 0 Å². The number of rotatable bonds is 8. The molecule has 0 unspecified atom stereocenters. The molecule has 3 aromatic carbocycles. The first kappa shape index (κ1) is 25.5. The van der Waals surface area contributed by atoms with Crippen LogP contribution in [0.3, 0.4) is 0 Å². The number of hydrogen-bond acceptors (Lipinski definition) is 5. The molecule has 0 aliphatic rings. The van der Waals surface area contributed by atoms with Crippen molar-refractivity contribution in [2.75, 3.05) is 6.26 Å². The van der Waals surface area contributed by atoms with E-state index < -0.39 is 9.84 Å². The first-order valence-corrected chi connectivity index (χ1v) is 14.2. The quantitative estimate of drug-likeness (QED) is 0.298. The number of carbonyl (C=O) groups is 1. The van der Waals surface area contributed by atoms with Gasteiger partial charge in [-0.1, -0.05) is 30.2 Å².